The van der Waals surface area contributed by atoms with Crippen molar-refractivity contribution in [3.8, 4) is 0 Å². The molecule has 0 saturated heterocycles. The van der Waals surface area contributed by atoms with Gasteiger partial charge in [-0.25, -0.2) is 9.59 Å². The number of hydrogen-bond acceptors (Lipinski definition) is 6. The summed E-state index contributed by atoms with van der Waals surface area (Å²) in [6.07, 6.45) is 1.70. The lowest BCUT2D eigenvalue weighted by Crippen LogP contribution is -2.25. The van der Waals surface area contributed by atoms with Gasteiger partial charge in [-0.2, -0.15) is 0 Å². The third-order valence-corrected chi connectivity index (χ3v) is 3.73. The minimum Gasteiger partial charge on any atom is -0.511 e. The summed E-state index contributed by atoms with van der Waals surface area (Å²) in [4.78, 5) is 28.5. The van der Waals surface area contributed by atoms with Gasteiger partial charge in [0, 0.05) is 12.6 Å². The minimum absolute atomic E-state index is 0.0677. The highest BCUT2D eigenvalue weighted by molar-refractivity contribution is 6.01. The number of cyclic esters (lactones) is 1. The molecule has 22 heavy (non-hydrogen) atoms. The van der Waals surface area contributed by atoms with Crippen molar-refractivity contribution in [3.63, 3.8) is 0 Å². The molecular weight excluding hydrogens is 286 g/mol. The smallest absolute Gasteiger partial charge is 0.338 e. The number of pyridine rings is 1. The maximum Gasteiger partial charge on any atom is 0.338 e. The first-order chi connectivity index (χ1) is 10.6. The Labute approximate surface area is 127 Å². The van der Waals surface area contributed by atoms with E-state index in [-0.39, 0.29) is 31.0 Å². The van der Waals surface area contributed by atoms with Crippen molar-refractivity contribution in [3.05, 3.63) is 52.6 Å². The Morgan fingerprint density at radius 3 is 3.00 bits per heavy atom. The second-order valence-corrected chi connectivity index (χ2v) is 5.04. The molecule has 6 nitrogen and oxygen atoms in total. The van der Waals surface area contributed by atoms with Gasteiger partial charge in [-0.15, -0.1) is 0 Å². The van der Waals surface area contributed by atoms with Crippen molar-refractivity contribution >= 4 is 11.9 Å². The zero-order valence-corrected chi connectivity index (χ0v) is 12.0. The predicted octanol–water partition coefficient (Wildman–Crippen LogP) is 1.80. The molecule has 114 valence electrons. The number of nitrogens with zero attached hydrogens (tertiary/aromatic N) is 1. The van der Waals surface area contributed by atoms with Gasteiger partial charge in [-0.1, -0.05) is 6.07 Å². The number of aliphatic hydroxyl groups is 1. The standard InChI is InChI=1S/C16H15NO5/c1-2-21-16(20)14-11(18)7-9-8-22-15(19)12(9)13(14)10-5-3-4-6-17-10/h3-6,13,18H,2,7-8H2,1H3. The summed E-state index contributed by atoms with van der Waals surface area (Å²) in [5.41, 5.74) is 1.65. The normalized spacial score (nSPS) is 20.8. The van der Waals surface area contributed by atoms with E-state index >= 15 is 0 Å². The van der Waals surface area contributed by atoms with Gasteiger partial charge < -0.3 is 14.6 Å². The number of aromatic nitrogens is 1. The second kappa shape index (κ2) is 5.63. The molecule has 1 N–H and O–H groups in total. The van der Waals surface area contributed by atoms with Crippen LogP contribution in [0.4, 0.5) is 0 Å². The van der Waals surface area contributed by atoms with Gasteiger partial charge in [0.2, 0.25) is 0 Å². The van der Waals surface area contributed by atoms with Crippen molar-refractivity contribution in [1.29, 1.82) is 0 Å². The van der Waals surface area contributed by atoms with Crippen LogP contribution in [0, 0.1) is 0 Å². The van der Waals surface area contributed by atoms with Crippen LogP contribution in [0.5, 0.6) is 0 Å². The number of carbonyl (C=O) groups is 2. The summed E-state index contributed by atoms with van der Waals surface area (Å²) in [5.74, 6) is -1.95. The molecule has 0 spiro atoms. The van der Waals surface area contributed by atoms with Gasteiger partial charge in [0.1, 0.15) is 12.4 Å². The first-order valence-electron chi connectivity index (χ1n) is 7.02. The fourth-order valence-electron chi connectivity index (χ4n) is 2.82. The number of ether oxygens (including phenoxy) is 2. The van der Waals surface area contributed by atoms with Crippen LogP contribution in [-0.2, 0) is 19.1 Å². The van der Waals surface area contributed by atoms with Crippen LogP contribution in [0.2, 0.25) is 0 Å². The number of allylic oxidation sites excluding steroid dienone is 1. The average Bonchev–Trinajstić information content (AvgIpc) is 2.88. The molecule has 1 aliphatic heterocycles. The third kappa shape index (κ3) is 2.26. The van der Waals surface area contributed by atoms with Crippen molar-refractivity contribution in [2.45, 2.75) is 19.3 Å². The zero-order valence-electron chi connectivity index (χ0n) is 12.0. The Kier molecular flexibility index (Phi) is 3.66. The van der Waals surface area contributed by atoms with E-state index in [0.29, 0.717) is 16.8 Å². The first kappa shape index (κ1) is 14.3. The highest BCUT2D eigenvalue weighted by Gasteiger charge is 2.43. The molecule has 0 bridgehead atoms. The van der Waals surface area contributed by atoms with E-state index in [2.05, 4.69) is 4.98 Å². The minimum atomic E-state index is -0.751. The average molecular weight is 301 g/mol. The molecule has 1 atom stereocenters. The molecule has 0 radical (unpaired) electrons. The van der Waals surface area contributed by atoms with Crippen LogP contribution in [0.15, 0.2) is 46.9 Å². The van der Waals surface area contributed by atoms with E-state index in [9.17, 15) is 14.7 Å². The topological polar surface area (TPSA) is 85.7 Å². The molecule has 2 heterocycles. The van der Waals surface area contributed by atoms with E-state index < -0.39 is 17.9 Å². The van der Waals surface area contributed by atoms with Crippen LogP contribution >= 0.6 is 0 Å². The van der Waals surface area contributed by atoms with Gasteiger partial charge >= 0.3 is 11.9 Å². The summed E-state index contributed by atoms with van der Waals surface area (Å²) in [7, 11) is 0. The number of carbonyl (C=O) groups excluding carboxylic acids is 2. The molecule has 6 heteroatoms. The Balaban J connectivity index is 2.13. The van der Waals surface area contributed by atoms with E-state index in [1.165, 1.54) is 0 Å². The molecule has 3 rings (SSSR count). The van der Waals surface area contributed by atoms with E-state index in [1.807, 2.05) is 0 Å². The van der Waals surface area contributed by atoms with Crippen molar-refractivity contribution in [2.75, 3.05) is 13.2 Å². The number of aliphatic hydroxyl groups excluding tert-OH is 1. The van der Waals surface area contributed by atoms with E-state index in [4.69, 9.17) is 9.47 Å². The number of hydrogen-bond donors (Lipinski definition) is 1. The van der Waals surface area contributed by atoms with Crippen LogP contribution in [0.1, 0.15) is 25.0 Å². The predicted molar refractivity (Wildman–Crippen MR) is 75.9 cm³/mol. The monoisotopic (exact) mass is 301 g/mol. The van der Waals surface area contributed by atoms with Gasteiger partial charge in [-0.3, -0.25) is 4.98 Å². The quantitative estimate of drug-likeness (QED) is 0.857. The molecule has 1 aromatic heterocycles. The van der Waals surface area contributed by atoms with Gasteiger partial charge in [0.25, 0.3) is 0 Å². The zero-order chi connectivity index (χ0) is 15.7. The van der Waals surface area contributed by atoms with Gasteiger partial charge in [0.05, 0.1) is 29.4 Å². The highest BCUT2D eigenvalue weighted by Crippen LogP contribution is 2.43. The SMILES string of the molecule is CCOC(=O)C1=C(O)CC2=C(C(=O)OC2)C1c1ccccn1. The lowest BCUT2D eigenvalue weighted by atomic mass is 9.79. The Morgan fingerprint density at radius 1 is 1.50 bits per heavy atom. The Bertz CT molecular complexity index is 690. The van der Waals surface area contributed by atoms with E-state index in [0.717, 1.165) is 0 Å². The van der Waals surface area contributed by atoms with Crippen LogP contribution in [0.3, 0.4) is 0 Å². The second-order valence-electron chi connectivity index (χ2n) is 5.04. The lowest BCUT2D eigenvalue weighted by molar-refractivity contribution is -0.139. The van der Waals surface area contributed by atoms with Crippen LogP contribution in [-0.4, -0.2) is 35.2 Å². The molecule has 0 saturated carbocycles. The molecule has 2 aliphatic rings. The van der Waals surface area contributed by atoms with Crippen LogP contribution in [0.25, 0.3) is 0 Å². The third-order valence-electron chi connectivity index (χ3n) is 3.73. The summed E-state index contributed by atoms with van der Waals surface area (Å²) in [6, 6.07) is 5.21. The van der Waals surface area contributed by atoms with E-state index in [1.54, 1.807) is 31.3 Å². The Morgan fingerprint density at radius 2 is 2.32 bits per heavy atom. The number of rotatable bonds is 3. The fourth-order valence-corrected chi connectivity index (χ4v) is 2.82. The molecule has 1 aromatic rings. The van der Waals surface area contributed by atoms with Gasteiger partial charge in [0.15, 0.2) is 0 Å². The van der Waals surface area contributed by atoms with Gasteiger partial charge in [-0.05, 0) is 24.6 Å². The first-order valence-corrected chi connectivity index (χ1v) is 7.02. The summed E-state index contributed by atoms with van der Waals surface area (Å²) in [5, 5.41) is 10.3. The molecule has 0 amide bonds. The Hall–Kier alpha value is -2.63. The maximum atomic E-state index is 12.2. The summed E-state index contributed by atoms with van der Waals surface area (Å²) >= 11 is 0. The largest absolute Gasteiger partial charge is 0.511 e. The maximum absolute atomic E-state index is 12.2. The van der Waals surface area contributed by atoms with Crippen molar-refractivity contribution in [1.82, 2.24) is 4.98 Å². The van der Waals surface area contributed by atoms with Crippen molar-refractivity contribution < 1.29 is 24.2 Å². The molecule has 0 aromatic carbocycles. The van der Waals surface area contributed by atoms with Crippen molar-refractivity contribution in [2.24, 2.45) is 0 Å². The highest BCUT2D eigenvalue weighted by atomic mass is 16.5. The molecular formula is C16H15NO5. The summed E-state index contributed by atoms with van der Waals surface area (Å²) in [6.45, 7) is 2.00. The molecule has 0 fully saturated rings. The molecule has 1 unspecified atom stereocenters. The fraction of sp³-hybridized carbons (Fsp3) is 0.312. The number of esters is 2. The van der Waals surface area contributed by atoms with Crippen LogP contribution < -0.4 is 0 Å². The molecule has 1 aliphatic carbocycles. The lowest BCUT2D eigenvalue weighted by Gasteiger charge is -2.24. The summed E-state index contributed by atoms with van der Waals surface area (Å²) < 4.78 is 10.1.